The topological polar surface area (TPSA) is 122 Å². The van der Waals surface area contributed by atoms with Crippen molar-refractivity contribution in [3.8, 4) is 5.75 Å². The van der Waals surface area contributed by atoms with Crippen molar-refractivity contribution in [2.24, 2.45) is 23.5 Å². The Morgan fingerprint density at radius 3 is 2.83 bits per heavy atom. The molecule has 35 heavy (non-hydrogen) atoms. The van der Waals surface area contributed by atoms with Crippen LogP contribution in [0.2, 0.25) is 5.02 Å². The number of amides is 2. The van der Waals surface area contributed by atoms with Crippen molar-refractivity contribution in [2.75, 3.05) is 29.2 Å². The largest absolute Gasteiger partial charge is 0.494 e. The molecule has 1 aliphatic heterocycles. The molecular weight excluding hydrogens is 468 g/mol. The molecule has 2 amide bonds. The van der Waals surface area contributed by atoms with E-state index in [1.807, 2.05) is 19.1 Å². The SMILES string of the molecule is CCN1C(=O)CCCc2c1ccc(Nc1ncc(Cl)c(N[C@H]3[C@@H]4CC[C@@H](C4)[C@H]3C(N)=O)n1)c2OC. The number of nitrogens with one attached hydrogen (secondary N) is 2. The number of anilines is 4. The summed E-state index contributed by atoms with van der Waals surface area (Å²) in [6.07, 6.45) is 6.67. The van der Waals surface area contributed by atoms with Crippen LogP contribution in [0.5, 0.6) is 5.75 Å². The first-order chi connectivity index (χ1) is 16.9. The second-order valence-corrected chi connectivity index (χ2v) is 9.99. The van der Waals surface area contributed by atoms with Crippen LogP contribution in [0, 0.1) is 17.8 Å². The van der Waals surface area contributed by atoms with Crippen molar-refractivity contribution in [3.05, 3.63) is 28.9 Å². The molecule has 0 spiro atoms. The summed E-state index contributed by atoms with van der Waals surface area (Å²) in [7, 11) is 1.62. The Balaban J connectivity index is 1.42. The lowest BCUT2D eigenvalue weighted by atomic mass is 9.84. The summed E-state index contributed by atoms with van der Waals surface area (Å²) in [6, 6.07) is 3.74. The number of primary amides is 1. The van der Waals surface area contributed by atoms with Gasteiger partial charge in [0, 0.05) is 24.6 Å². The maximum Gasteiger partial charge on any atom is 0.229 e. The number of hydrogen-bond donors (Lipinski definition) is 3. The van der Waals surface area contributed by atoms with Crippen LogP contribution in [0.3, 0.4) is 0 Å². The number of hydrogen-bond acceptors (Lipinski definition) is 7. The van der Waals surface area contributed by atoms with Gasteiger partial charge in [-0.1, -0.05) is 11.6 Å². The molecule has 2 fully saturated rings. The number of methoxy groups -OCH3 is 1. The van der Waals surface area contributed by atoms with Gasteiger partial charge in [0.1, 0.15) is 10.8 Å². The number of aromatic nitrogens is 2. The standard InChI is InChI=1S/C25H31ClN6O3/c1-3-32-18-10-9-17(22(35-2)15(18)5-4-6-19(32)33)29-25-28-12-16(26)24(31-25)30-21-14-8-7-13(11-14)20(21)23(27)34/h9-10,12-14,20-21H,3-8,11H2,1-2H3,(H2,27,34)(H2,28,29,30,31)/t13-,14+,20+,21-/m0/s1. The van der Waals surface area contributed by atoms with E-state index >= 15 is 0 Å². The predicted molar refractivity (Wildman–Crippen MR) is 135 cm³/mol. The summed E-state index contributed by atoms with van der Waals surface area (Å²) in [4.78, 5) is 35.4. The third kappa shape index (κ3) is 4.26. The molecule has 2 bridgehead atoms. The van der Waals surface area contributed by atoms with Crippen molar-refractivity contribution in [3.63, 3.8) is 0 Å². The molecule has 2 aliphatic carbocycles. The third-order valence-corrected chi connectivity index (χ3v) is 7.98. The summed E-state index contributed by atoms with van der Waals surface area (Å²) < 4.78 is 5.79. The second kappa shape index (κ2) is 9.53. The van der Waals surface area contributed by atoms with E-state index in [0.29, 0.717) is 53.0 Å². The van der Waals surface area contributed by atoms with E-state index in [2.05, 4.69) is 20.6 Å². The van der Waals surface area contributed by atoms with Crippen LogP contribution in [0.4, 0.5) is 23.1 Å². The number of nitrogens with zero attached hydrogens (tertiary/aromatic N) is 3. The number of benzene rings is 1. The molecular formula is C25H31ClN6O3. The van der Waals surface area contributed by atoms with Gasteiger partial charge in [0.25, 0.3) is 0 Å². The van der Waals surface area contributed by atoms with Crippen molar-refractivity contribution in [1.29, 1.82) is 0 Å². The Hall–Kier alpha value is -3.07. The molecule has 4 N–H and O–H groups in total. The van der Waals surface area contributed by atoms with Gasteiger partial charge in [0.05, 0.1) is 30.6 Å². The average Bonchev–Trinajstić information content (AvgIpc) is 3.40. The second-order valence-electron chi connectivity index (χ2n) is 9.58. The molecule has 3 aliphatic rings. The van der Waals surface area contributed by atoms with Crippen LogP contribution in [0.15, 0.2) is 18.3 Å². The van der Waals surface area contributed by atoms with Crippen molar-refractivity contribution in [2.45, 2.75) is 51.5 Å². The van der Waals surface area contributed by atoms with Gasteiger partial charge in [-0.3, -0.25) is 9.59 Å². The first-order valence-corrected chi connectivity index (χ1v) is 12.6. The summed E-state index contributed by atoms with van der Waals surface area (Å²) in [5.41, 5.74) is 8.31. The third-order valence-electron chi connectivity index (χ3n) is 7.70. The molecule has 2 saturated carbocycles. The molecule has 0 saturated heterocycles. The molecule has 10 heteroatoms. The van der Waals surface area contributed by atoms with Gasteiger partial charge in [-0.25, -0.2) is 4.98 Å². The molecule has 2 heterocycles. The smallest absolute Gasteiger partial charge is 0.229 e. The normalized spacial score (nSPS) is 25.2. The summed E-state index contributed by atoms with van der Waals surface area (Å²) in [5, 5.41) is 7.04. The predicted octanol–water partition coefficient (Wildman–Crippen LogP) is 3.88. The van der Waals surface area contributed by atoms with E-state index in [1.54, 1.807) is 18.2 Å². The van der Waals surface area contributed by atoms with E-state index in [0.717, 1.165) is 43.4 Å². The Labute approximate surface area is 209 Å². The van der Waals surface area contributed by atoms with Gasteiger partial charge in [-0.05, 0) is 63.0 Å². The molecule has 4 atom stereocenters. The van der Waals surface area contributed by atoms with Gasteiger partial charge in [-0.2, -0.15) is 4.98 Å². The van der Waals surface area contributed by atoms with E-state index < -0.39 is 0 Å². The summed E-state index contributed by atoms with van der Waals surface area (Å²) >= 11 is 6.43. The highest BCUT2D eigenvalue weighted by molar-refractivity contribution is 6.32. The zero-order valence-corrected chi connectivity index (χ0v) is 20.8. The molecule has 0 radical (unpaired) electrons. The zero-order valence-electron chi connectivity index (χ0n) is 20.0. The number of fused-ring (bicyclic) bond motifs is 3. The van der Waals surface area contributed by atoms with Crippen LogP contribution in [-0.2, 0) is 16.0 Å². The van der Waals surface area contributed by atoms with Gasteiger partial charge in [-0.15, -0.1) is 0 Å². The van der Waals surface area contributed by atoms with Crippen LogP contribution >= 0.6 is 11.6 Å². The lowest BCUT2D eigenvalue weighted by Gasteiger charge is -2.30. The fourth-order valence-electron chi connectivity index (χ4n) is 6.19. The monoisotopic (exact) mass is 498 g/mol. The Morgan fingerprint density at radius 2 is 2.09 bits per heavy atom. The molecule has 0 unspecified atom stereocenters. The fourth-order valence-corrected chi connectivity index (χ4v) is 6.34. The summed E-state index contributed by atoms with van der Waals surface area (Å²) in [6.45, 7) is 2.58. The lowest BCUT2D eigenvalue weighted by Crippen LogP contribution is -2.42. The molecule has 9 nitrogen and oxygen atoms in total. The van der Waals surface area contributed by atoms with Crippen molar-refractivity contribution in [1.82, 2.24) is 9.97 Å². The molecule has 186 valence electrons. The first kappa shape index (κ1) is 23.7. The number of carbonyl (C=O) groups is 2. The average molecular weight is 499 g/mol. The maximum atomic E-state index is 12.5. The number of carbonyl (C=O) groups excluding carboxylic acids is 2. The van der Waals surface area contributed by atoms with Gasteiger partial charge < -0.3 is 26.0 Å². The minimum Gasteiger partial charge on any atom is -0.494 e. The lowest BCUT2D eigenvalue weighted by molar-refractivity contribution is -0.123. The molecule has 5 rings (SSSR count). The van der Waals surface area contributed by atoms with Crippen LogP contribution in [0.25, 0.3) is 0 Å². The summed E-state index contributed by atoms with van der Waals surface area (Å²) in [5.74, 6) is 1.85. The minimum absolute atomic E-state index is 0.0777. The quantitative estimate of drug-likeness (QED) is 0.529. The Bertz CT molecular complexity index is 1160. The van der Waals surface area contributed by atoms with Gasteiger partial charge >= 0.3 is 0 Å². The van der Waals surface area contributed by atoms with E-state index in [-0.39, 0.29) is 23.8 Å². The maximum absolute atomic E-state index is 12.5. The van der Waals surface area contributed by atoms with E-state index in [9.17, 15) is 9.59 Å². The van der Waals surface area contributed by atoms with Gasteiger partial charge in [0.15, 0.2) is 5.82 Å². The number of ether oxygens (including phenoxy) is 1. The Morgan fingerprint density at radius 1 is 1.29 bits per heavy atom. The van der Waals surface area contributed by atoms with Crippen LogP contribution in [-0.4, -0.2) is 41.5 Å². The molecule has 1 aromatic carbocycles. The first-order valence-electron chi connectivity index (χ1n) is 12.3. The highest BCUT2D eigenvalue weighted by atomic mass is 35.5. The number of rotatable bonds is 7. The highest BCUT2D eigenvalue weighted by Gasteiger charge is 2.50. The molecule has 2 aromatic rings. The van der Waals surface area contributed by atoms with Crippen LogP contribution < -0.4 is 26.0 Å². The van der Waals surface area contributed by atoms with E-state index in [1.165, 1.54) is 0 Å². The Kier molecular flexibility index (Phi) is 6.44. The van der Waals surface area contributed by atoms with Gasteiger partial charge in [0.2, 0.25) is 17.8 Å². The number of halogens is 1. The highest BCUT2D eigenvalue weighted by Crippen LogP contribution is 2.49. The minimum atomic E-state index is -0.271. The fraction of sp³-hybridized carbons (Fsp3) is 0.520. The molecule has 1 aromatic heterocycles. The van der Waals surface area contributed by atoms with Crippen molar-refractivity contribution >= 4 is 46.6 Å². The number of nitrogens with two attached hydrogens (primary N) is 1. The van der Waals surface area contributed by atoms with E-state index in [4.69, 9.17) is 22.1 Å². The van der Waals surface area contributed by atoms with Crippen LogP contribution in [0.1, 0.15) is 44.6 Å². The zero-order chi connectivity index (χ0) is 24.7. The van der Waals surface area contributed by atoms with Crippen molar-refractivity contribution < 1.29 is 14.3 Å².